The van der Waals surface area contributed by atoms with Crippen LogP contribution in [0.1, 0.15) is 24.2 Å². The van der Waals surface area contributed by atoms with Crippen LogP contribution in [-0.2, 0) is 0 Å². The van der Waals surface area contributed by atoms with Gasteiger partial charge in [0.1, 0.15) is 18.5 Å². The lowest BCUT2D eigenvalue weighted by molar-refractivity contribution is 0.0998. The summed E-state index contributed by atoms with van der Waals surface area (Å²) in [4.78, 5) is 10.9. The summed E-state index contributed by atoms with van der Waals surface area (Å²) in [5.41, 5.74) is 5.56. The minimum Gasteiger partial charge on any atom is -0.491 e. The van der Waals surface area contributed by atoms with E-state index in [2.05, 4.69) is 5.32 Å². The number of carbonyl (C=O) groups is 1. The fourth-order valence-corrected chi connectivity index (χ4v) is 1.34. The maximum absolute atomic E-state index is 10.9. The lowest BCUT2D eigenvalue weighted by Gasteiger charge is -2.15. The molecule has 4 N–H and O–H groups in total. The van der Waals surface area contributed by atoms with E-state index in [4.69, 9.17) is 10.5 Å². The van der Waals surface area contributed by atoms with Crippen molar-refractivity contribution in [3.8, 4) is 5.75 Å². The molecule has 0 spiro atoms. The normalized spacial score (nSPS) is 12.4. The van der Waals surface area contributed by atoms with Crippen LogP contribution in [0.5, 0.6) is 5.75 Å². The first kappa shape index (κ1) is 14.5. The first-order chi connectivity index (χ1) is 8.49. The van der Waals surface area contributed by atoms with Crippen LogP contribution in [0.3, 0.4) is 0 Å². The van der Waals surface area contributed by atoms with Crippen molar-refractivity contribution in [2.24, 2.45) is 5.73 Å². The highest BCUT2D eigenvalue weighted by atomic mass is 16.5. The van der Waals surface area contributed by atoms with Crippen molar-refractivity contribution < 1.29 is 14.6 Å². The van der Waals surface area contributed by atoms with E-state index in [1.807, 2.05) is 13.8 Å². The van der Waals surface area contributed by atoms with Crippen LogP contribution >= 0.6 is 0 Å². The lowest BCUT2D eigenvalue weighted by atomic mass is 10.2. The van der Waals surface area contributed by atoms with Crippen molar-refractivity contribution in [3.63, 3.8) is 0 Å². The lowest BCUT2D eigenvalue weighted by Crippen LogP contribution is -2.35. The van der Waals surface area contributed by atoms with E-state index in [9.17, 15) is 9.90 Å². The Morgan fingerprint density at radius 2 is 2.00 bits per heavy atom. The summed E-state index contributed by atoms with van der Waals surface area (Å²) in [5, 5.41) is 12.8. The third-order valence-electron chi connectivity index (χ3n) is 2.34. The minimum atomic E-state index is -0.566. The Hall–Kier alpha value is -1.59. The third kappa shape index (κ3) is 5.16. The maximum Gasteiger partial charge on any atom is 0.248 e. The molecular weight excluding hydrogens is 232 g/mol. The summed E-state index contributed by atoms with van der Waals surface area (Å²) in [5.74, 6) is 0.131. The van der Waals surface area contributed by atoms with Crippen molar-refractivity contribution in [1.82, 2.24) is 5.32 Å². The summed E-state index contributed by atoms with van der Waals surface area (Å²) in [6, 6.07) is 6.83. The van der Waals surface area contributed by atoms with E-state index >= 15 is 0 Å². The zero-order valence-corrected chi connectivity index (χ0v) is 10.7. The number of benzene rings is 1. The molecule has 5 nitrogen and oxygen atoms in total. The van der Waals surface area contributed by atoms with Gasteiger partial charge in [0.15, 0.2) is 0 Å². The molecule has 0 aliphatic rings. The molecule has 0 saturated carbocycles. The van der Waals surface area contributed by atoms with Gasteiger partial charge in [-0.3, -0.25) is 4.79 Å². The minimum absolute atomic E-state index is 0.204. The van der Waals surface area contributed by atoms with Gasteiger partial charge in [0.05, 0.1) is 0 Å². The largest absolute Gasteiger partial charge is 0.491 e. The monoisotopic (exact) mass is 252 g/mol. The van der Waals surface area contributed by atoms with Gasteiger partial charge < -0.3 is 20.9 Å². The summed E-state index contributed by atoms with van der Waals surface area (Å²) in [6.45, 7) is 4.71. The Bertz CT molecular complexity index is 376. The van der Waals surface area contributed by atoms with E-state index in [0.717, 1.165) is 0 Å². The summed E-state index contributed by atoms with van der Waals surface area (Å²) >= 11 is 0. The number of hydrogen-bond acceptors (Lipinski definition) is 4. The number of ether oxygens (including phenoxy) is 1. The Morgan fingerprint density at radius 1 is 1.39 bits per heavy atom. The predicted octanol–water partition coefficient (Wildman–Crippen LogP) is 0.523. The van der Waals surface area contributed by atoms with Crippen molar-refractivity contribution >= 4 is 5.91 Å². The van der Waals surface area contributed by atoms with Gasteiger partial charge in [-0.15, -0.1) is 0 Å². The second-order valence-corrected chi connectivity index (χ2v) is 4.42. The summed E-state index contributed by atoms with van der Waals surface area (Å²) < 4.78 is 5.39. The fourth-order valence-electron chi connectivity index (χ4n) is 1.34. The van der Waals surface area contributed by atoms with E-state index < -0.39 is 12.0 Å². The van der Waals surface area contributed by atoms with Gasteiger partial charge in [-0.2, -0.15) is 0 Å². The smallest absolute Gasteiger partial charge is 0.248 e. The number of rotatable bonds is 7. The van der Waals surface area contributed by atoms with Gasteiger partial charge in [-0.25, -0.2) is 0 Å². The van der Waals surface area contributed by atoms with Gasteiger partial charge in [-0.05, 0) is 24.3 Å². The van der Waals surface area contributed by atoms with Crippen LogP contribution in [0.25, 0.3) is 0 Å². The van der Waals surface area contributed by atoms with Gasteiger partial charge in [-0.1, -0.05) is 13.8 Å². The second kappa shape index (κ2) is 6.98. The average Bonchev–Trinajstić information content (AvgIpc) is 2.34. The zero-order chi connectivity index (χ0) is 13.5. The Balaban J connectivity index is 2.36. The number of amides is 1. The Kier molecular flexibility index (Phi) is 5.61. The van der Waals surface area contributed by atoms with Crippen LogP contribution in [0.15, 0.2) is 24.3 Å². The number of aliphatic hydroxyl groups is 1. The molecule has 1 aromatic carbocycles. The quantitative estimate of drug-likeness (QED) is 0.660. The van der Waals surface area contributed by atoms with Crippen LogP contribution in [-0.4, -0.2) is 36.3 Å². The predicted molar refractivity (Wildman–Crippen MR) is 69.6 cm³/mol. The highest BCUT2D eigenvalue weighted by molar-refractivity contribution is 5.92. The van der Waals surface area contributed by atoms with Crippen LogP contribution in [0.4, 0.5) is 0 Å². The summed E-state index contributed by atoms with van der Waals surface area (Å²) in [7, 11) is 0. The van der Waals surface area contributed by atoms with Crippen LogP contribution in [0, 0.1) is 0 Å². The number of nitrogens with one attached hydrogen (secondary N) is 1. The Labute approximate surface area is 107 Å². The van der Waals surface area contributed by atoms with Crippen LogP contribution in [0.2, 0.25) is 0 Å². The molecule has 0 heterocycles. The molecule has 1 amide bonds. The molecule has 0 bridgehead atoms. The number of hydrogen-bond donors (Lipinski definition) is 3. The highest BCUT2D eigenvalue weighted by Gasteiger charge is 2.06. The number of nitrogens with two attached hydrogens (primary N) is 1. The number of primary amides is 1. The van der Waals surface area contributed by atoms with Gasteiger partial charge >= 0.3 is 0 Å². The highest BCUT2D eigenvalue weighted by Crippen LogP contribution is 2.11. The van der Waals surface area contributed by atoms with Crippen LogP contribution < -0.4 is 15.8 Å². The topological polar surface area (TPSA) is 84.6 Å². The molecule has 0 unspecified atom stereocenters. The van der Waals surface area contributed by atoms with Crippen molar-refractivity contribution in [3.05, 3.63) is 29.8 Å². The average molecular weight is 252 g/mol. The Morgan fingerprint density at radius 3 is 2.50 bits per heavy atom. The van der Waals surface area contributed by atoms with Gasteiger partial charge in [0.25, 0.3) is 0 Å². The zero-order valence-electron chi connectivity index (χ0n) is 10.7. The molecule has 0 radical (unpaired) electrons. The molecule has 18 heavy (non-hydrogen) atoms. The fraction of sp³-hybridized carbons (Fsp3) is 0.462. The molecule has 1 aromatic rings. The number of carbonyl (C=O) groups excluding carboxylic acids is 1. The standard InChI is InChI=1S/C13H20N2O3/c1-9(2)15-7-11(16)8-18-12-5-3-10(4-6-12)13(14)17/h3-6,9,11,15-16H,7-8H2,1-2H3,(H2,14,17)/t11-/m0/s1. The molecular formula is C13H20N2O3. The summed E-state index contributed by atoms with van der Waals surface area (Å²) in [6.07, 6.45) is -0.566. The maximum atomic E-state index is 10.9. The van der Waals surface area contributed by atoms with E-state index in [1.165, 1.54) is 0 Å². The van der Waals surface area contributed by atoms with Crippen molar-refractivity contribution in [2.45, 2.75) is 26.0 Å². The van der Waals surface area contributed by atoms with E-state index in [0.29, 0.717) is 23.9 Å². The van der Waals surface area contributed by atoms with Gasteiger partial charge in [0.2, 0.25) is 5.91 Å². The van der Waals surface area contributed by atoms with E-state index in [-0.39, 0.29) is 6.61 Å². The SMILES string of the molecule is CC(C)NC[C@H](O)COc1ccc(C(N)=O)cc1. The molecule has 0 aliphatic carbocycles. The third-order valence-corrected chi connectivity index (χ3v) is 2.34. The molecule has 100 valence electrons. The first-order valence-corrected chi connectivity index (χ1v) is 5.93. The molecule has 1 atom stereocenters. The number of aliphatic hydroxyl groups excluding tert-OH is 1. The second-order valence-electron chi connectivity index (χ2n) is 4.42. The van der Waals surface area contributed by atoms with Crippen molar-refractivity contribution in [1.29, 1.82) is 0 Å². The van der Waals surface area contributed by atoms with Gasteiger partial charge in [0, 0.05) is 18.2 Å². The molecule has 0 saturated heterocycles. The molecule has 0 aliphatic heterocycles. The molecule has 0 fully saturated rings. The van der Waals surface area contributed by atoms with E-state index in [1.54, 1.807) is 24.3 Å². The molecule has 5 heteroatoms. The molecule has 1 rings (SSSR count). The van der Waals surface area contributed by atoms with Crippen molar-refractivity contribution in [2.75, 3.05) is 13.2 Å². The molecule has 0 aromatic heterocycles. The first-order valence-electron chi connectivity index (χ1n) is 5.93.